The normalized spacial score (nSPS) is 9.95. The third-order valence-corrected chi connectivity index (χ3v) is 3.70. The summed E-state index contributed by atoms with van der Waals surface area (Å²) in [6, 6.07) is 12.1. The number of nitro benzene ring substituents is 1. The van der Waals surface area contributed by atoms with Crippen LogP contribution in [0.25, 0.3) is 0 Å². The molecule has 0 radical (unpaired) electrons. The SMILES string of the molecule is CSc1cccc(Oc2cccc(C)c2[N+](=O)[O-])c1C#N. The molecule has 0 saturated carbocycles. The van der Waals surface area contributed by atoms with Crippen molar-refractivity contribution >= 4 is 17.4 Å². The molecule has 0 atom stereocenters. The molecule has 2 aromatic rings. The van der Waals surface area contributed by atoms with Crippen molar-refractivity contribution in [2.75, 3.05) is 6.26 Å². The van der Waals surface area contributed by atoms with E-state index in [-0.39, 0.29) is 11.4 Å². The smallest absolute Gasteiger partial charge is 0.314 e. The van der Waals surface area contributed by atoms with E-state index in [4.69, 9.17) is 4.74 Å². The average Bonchev–Trinajstić information content (AvgIpc) is 2.46. The fourth-order valence-corrected chi connectivity index (χ4v) is 2.51. The molecule has 0 unspecified atom stereocenters. The first-order valence-corrected chi connectivity index (χ1v) is 7.30. The molecule has 5 nitrogen and oxygen atoms in total. The largest absolute Gasteiger partial charge is 0.449 e. The van der Waals surface area contributed by atoms with E-state index >= 15 is 0 Å². The fourth-order valence-electron chi connectivity index (χ4n) is 1.94. The summed E-state index contributed by atoms with van der Waals surface area (Å²) in [5.74, 6) is 0.452. The van der Waals surface area contributed by atoms with E-state index < -0.39 is 4.92 Å². The summed E-state index contributed by atoms with van der Waals surface area (Å²) in [6.07, 6.45) is 1.86. The van der Waals surface area contributed by atoms with Crippen LogP contribution in [0.3, 0.4) is 0 Å². The van der Waals surface area contributed by atoms with Crippen LogP contribution in [0.5, 0.6) is 11.5 Å². The van der Waals surface area contributed by atoms with Crippen molar-refractivity contribution in [1.82, 2.24) is 0 Å². The molecular formula is C15H12N2O3S. The monoisotopic (exact) mass is 300 g/mol. The number of ether oxygens (including phenoxy) is 1. The molecule has 21 heavy (non-hydrogen) atoms. The van der Waals surface area contributed by atoms with Gasteiger partial charge in [0, 0.05) is 10.5 Å². The molecule has 0 heterocycles. The van der Waals surface area contributed by atoms with Crippen LogP contribution in [0.4, 0.5) is 5.69 Å². The Hall–Kier alpha value is -2.52. The Morgan fingerprint density at radius 1 is 1.24 bits per heavy atom. The maximum Gasteiger partial charge on any atom is 0.314 e. The number of benzene rings is 2. The Bertz CT molecular complexity index is 738. The van der Waals surface area contributed by atoms with Gasteiger partial charge < -0.3 is 4.74 Å². The van der Waals surface area contributed by atoms with Gasteiger partial charge in [-0.2, -0.15) is 5.26 Å². The lowest BCUT2D eigenvalue weighted by atomic mass is 10.2. The first-order valence-electron chi connectivity index (χ1n) is 6.07. The molecule has 2 rings (SSSR count). The summed E-state index contributed by atoms with van der Waals surface area (Å²) in [7, 11) is 0. The van der Waals surface area contributed by atoms with Crippen molar-refractivity contribution in [1.29, 1.82) is 5.26 Å². The Kier molecular flexibility index (Phi) is 4.45. The maximum absolute atomic E-state index is 11.2. The van der Waals surface area contributed by atoms with Gasteiger partial charge in [0.1, 0.15) is 17.4 Å². The second kappa shape index (κ2) is 6.29. The summed E-state index contributed by atoms with van der Waals surface area (Å²) < 4.78 is 5.64. The Morgan fingerprint density at radius 3 is 2.52 bits per heavy atom. The molecule has 6 heteroatoms. The minimum atomic E-state index is -0.477. The van der Waals surface area contributed by atoms with Crippen molar-refractivity contribution < 1.29 is 9.66 Å². The predicted octanol–water partition coefficient (Wildman–Crippen LogP) is 4.29. The van der Waals surface area contributed by atoms with Crippen molar-refractivity contribution in [3.63, 3.8) is 0 Å². The van der Waals surface area contributed by atoms with Crippen LogP contribution < -0.4 is 4.74 Å². The number of aryl methyl sites for hydroxylation is 1. The van der Waals surface area contributed by atoms with Crippen LogP contribution >= 0.6 is 11.8 Å². The zero-order chi connectivity index (χ0) is 15.4. The molecule has 0 fully saturated rings. The Labute approximate surface area is 126 Å². The number of rotatable bonds is 4. The van der Waals surface area contributed by atoms with Crippen molar-refractivity contribution in [2.24, 2.45) is 0 Å². The van der Waals surface area contributed by atoms with Gasteiger partial charge in [0.2, 0.25) is 5.75 Å². The first-order chi connectivity index (χ1) is 10.1. The van der Waals surface area contributed by atoms with Gasteiger partial charge in [0.05, 0.1) is 4.92 Å². The fraction of sp³-hybridized carbons (Fsp3) is 0.133. The van der Waals surface area contributed by atoms with Gasteiger partial charge in [-0.25, -0.2) is 0 Å². The average molecular weight is 300 g/mol. The number of hydrogen-bond donors (Lipinski definition) is 0. The second-order valence-corrected chi connectivity index (χ2v) is 5.07. The molecule has 0 bridgehead atoms. The Balaban J connectivity index is 2.52. The second-order valence-electron chi connectivity index (χ2n) is 4.23. The summed E-state index contributed by atoms with van der Waals surface area (Å²) in [4.78, 5) is 11.5. The zero-order valence-corrected chi connectivity index (χ0v) is 12.3. The topological polar surface area (TPSA) is 76.2 Å². The van der Waals surface area contributed by atoms with E-state index in [1.165, 1.54) is 17.8 Å². The lowest BCUT2D eigenvalue weighted by molar-refractivity contribution is -0.386. The number of thioether (sulfide) groups is 1. The minimum absolute atomic E-state index is 0.0871. The highest BCUT2D eigenvalue weighted by atomic mass is 32.2. The minimum Gasteiger partial charge on any atom is -0.449 e. The molecule has 0 saturated heterocycles. The van der Waals surface area contributed by atoms with Crippen LogP contribution in [-0.4, -0.2) is 11.2 Å². The highest BCUT2D eigenvalue weighted by Gasteiger charge is 2.20. The summed E-state index contributed by atoms with van der Waals surface area (Å²) >= 11 is 1.42. The summed E-state index contributed by atoms with van der Waals surface area (Å²) in [5, 5.41) is 20.4. The van der Waals surface area contributed by atoms with Gasteiger partial charge in [-0.05, 0) is 31.4 Å². The number of para-hydroxylation sites is 1. The molecule has 0 spiro atoms. The number of nitro groups is 1. The van der Waals surface area contributed by atoms with Crippen LogP contribution in [0.1, 0.15) is 11.1 Å². The van der Waals surface area contributed by atoms with Gasteiger partial charge in [0.15, 0.2) is 0 Å². The van der Waals surface area contributed by atoms with E-state index in [9.17, 15) is 15.4 Å². The van der Waals surface area contributed by atoms with Crippen LogP contribution in [0, 0.1) is 28.4 Å². The standard InChI is InChI=1S/C15H12N2O3S/c1-10-5-3-7-13(15(10)17(18)19)20-12-6-4-8-14(21-2)11(12)9-16/h3-8H,1-2H3. The van der Waals surface area contributed by atoms with Crippen LogP contribution in [0.15, 0.2) is 41.3 Å². The van der Waals surface area contributed by atoms with Crippen molar-refractivity contribution in [3.8, 4) is 17.6 Å². The van der Waals surface area contributed by atoms with Gasteiger partial charge >= 0.3 is 5.69 Å². The predicted molar refractivity (Wildman–Crippen MR) is 80.8 cm³/mol. The molecule has 106 valence electrons. The Morgan fingerprint density at radius 2 is 1.90 bits per heavy atom. The van der Waals surface area contributed by atoms with E-state index in [1.807, 2.05) is 6.26 Å². The van der Waals surface area contributed by atoms with E-state index in [1.54, 1.807) is 37.3 Å². The molecule has 0 aromatic heterocycles. The third-order valence-electron chi connectivity index (χ3n) is 2.92. The molecule has 0 aliphatic rings. The number of nitrogens with zero attached hydrogens (tertiary/aromatic N) is 2. The first kappa shape index (κ1) is 14.9. The maximum atomic E-state index is 11.2. The van der Waals surface area contributed by atoms with Crippen LogP contribution in [-0.2, 0) is 0 Å². The van der Waals surface area contributed by atoms with Crippen LogP contribution in [0.2, 0.25) is 0 Å². The molecular weight excluding hydrogens is 288 g/mol. The number of hydrogen-bond acceptors (Lipinski definition) is 5. The van der Waals surface area contributed by atoms with E-state index in [0.717, 1.165) is 4.90 Å². The van der Waals surface area contributed by atoms with Gasteiger partial charge in [-0.15, -0.1) is 11.8 Å². The molecule has 0 aliphatic carbocycles. The summed E-state index contributed by atoms with van der Waals surface area (Å²) in [6.45, 7) is 1.65. The molecule has 2 aromatic carbocycles. The van der Waals surface area contributed by atoms with Gasteiger partial charge in [0.25, 0.3) is 0 Å². The zero-order valence-electron chi connectivity index (χ0n) is 11.5. The summed E-state index contributed by atoms with van der Waals surface area (Å²) in [5.41, 5.74) is 0.800. The third kappa shape index (κ3) is 2.98. The molecule has 0 N–H and O–H groups in total. The number of nitriles is 1. The van der Waals surface area contributed by atoms with Gasteiger partial charge in [-0.3, -0.25) is 10.1 Å². The van der Waals surface area contributed by atoms with Crippen molar-refractivity contribution in [2.45, 2.75) is 11.8 Å². The van der Waals surface area contributed by atoms with Crippen molar-refractivity contribution in [3.05, 3.63) is 57.6 Å². The lowest BCUT2D eigenvalue weighted by Crippen LogP contribution is -1.97. The lowest BCUT2D eigenvalue weighted by Gasteiger charge is -2.10. The van der Waals surface area contributed by atoms with E-state index in [0.29, 0.717) is 16.9 Å². The highest BCUT2D eigenvalue weighted by molar-refractivity contribution is 7.98. The quantitative estimate of drug-likeness (QED) is 0.478. The van der Waals surface area contributed by atoms with E-state index in [2.05, 4.69) is 6.07 Å². The molecule has 0 aliphatic heterocycles. The molecule has 0 amide bonds. The highest BCUT2D eigenvalue weighted by Crippen LogP contribution is 2.37. The van der Waals surface area contributed by atoms with Gasteiger partial charge in [-0.1, -0.05) is 18.2 Å².